The molecule has 0 spiro atoms. The first-order chi connectivity index (χ1) is 18.5. The summed E-state index contributed by atoms with van der Waals surface area (Å²) < 4.78 is 119. The molecule has 206 valence electrons. The highest BCUT2D eigenvalue weighted by Gasteiger charge is 2.30. The standard InChI is InChI=1S/C29H22F8O2/c1-38-9-8-17-10-22(30)26(23(31)11-17)20-6-7-21-19(14-20)5-4-18(27(21)34)3-2-16-12-24(32)28(25(33)13-16)39-15-29(35,36)37/h4-7,10-14H,2-3,8-9,15H2,1H3. The van der Waals surface area contributed by atoms with E-state index in [9.17, 15) is 30.7 Å². The fourth-order valence-corrected chi connectivity index (χ4v) is 4.28. The number of fused-ring (bicyclic) bond motifs is 1. The summed E-state index contributed by atoms with van der Waals surface area (Å²) in [6, 6.07) is 11.4. The van der Waals surface area contributed by atoms with Crippen LogP contribution in [0, 0.1) is 29.1 Å². The Bertz CT molecular complexity index is 1450. The molecule has 2 nitrogen and oxygen atoms in total. The van der Waals surface area contributed by atoms with Gasteiger partial charge in [0, 0.05) is 12.5 Å². The summed E-state index contributed by atoms with van der Waals surface area (Å²) in [6.45, 7) is -1.54. The first kappa shape index (κ1) is 28.4. The number of methoxy groups -OCH3 is 1. The molecule has 0 aliphatic carbocycles. The molecular weight excluding hydrogens is 532 g/mol. The Morgan fingerprint density at radius 1 is 0.692 bits per heavy atom. The maximum atomic E-state index is 15.2. The van der Waals surface area contributed by atoms with Crippen LogP contribution in [-0.2, 0) is 24.0 Å². The third-order valence-corrected chi connectivity index (χ3v) is 6.14. The van der Waals surface area contributed by atoms with E-state index in [0.717, 1.165) is 12.1 Å². The minimum Gasteiger partial charge on any atom is -0.478 e. The Morgan fingerprint density at radius 3 is 1.92 bits per heavy atom. The van der Waals surface area contributed by atoms with E-state index < -0.39 is 47.6 Å². The van der Waals surface area contributed by atoms with E-state index in [1.165, 1.54) is 43.5 Å². The first-order valence-electron chi connectivity index (χ1n) is 11.8. The molecule has 4 rings (SSSR count). The molecule has 0 amide bonds. The third-order valence-electron chi connectivity index (χ3n) is 6.14. The van der Waals surface area contributed by atoms with E-state index in [1.54, 1.807) is 6.07 Å². The fraction of sp³-hybridized carbons (Fsp3) is 0.241. The third kappa shape index (κ3) is 6.68. The Labute approximate surface area is 218 Å². The second-order valence-electron chi connectivity index (χ2n) is 8.94. The molecule has 0 N–H and O–H groups in total. The van der Waals surface area contributed by atoms with Crippen molar-refractivity contribution in [3.05, 3.63) is 100 Å². The lowest BCUT2D eigenvalue weighted by Crippen LogP contribution is -2.20. The van der Waals surface area contributed by atoms with Gasteiger partial charge in [-0.3, -0.25) is 0 Å². The molecule has 0 aliphatic rings. The number of ether oxygens (including phenoxy) is 2. The van der Waals surface area contributed by atoms with Crippen LogP contribution in [0.3, 0.4) is 0 Å². The minimum absolute atomic E-state index is 0.0141. The van der Waals surface area contributed by atoms with Crippen LogP contribution in [0.25, 0.3) is 21.9 Å². The zero-order chi connectivity index (χ0) is 28.3. The van der Waals surface area contributed by atoms with Crippen molar-refractivity contribution in [3.8, 4) is 16.9 Å². The molecule has 39 heavy (non-hydrogen) atoms. The topological polar surface area (TPSA) is 18.5 Å². The zero-order valence-electron chi connectivity index (χ0n) is 20.6. The molecule has 0 saturated carbocycles. The lowest BCUT2D eigenvalue weighted by atomic mass is 9.96. The van der Waals surface area contributed by atoms with Gasteiger partial charge in [-0.2, -0.15) is 13.2 Å². The summed E-state index contributed by atoms with van der Waals surface area (Å²) in [7, 11) is 1.48. The van der Waals surface area contributed by atoms with Gasteiger partial charge in [0.1, 0.15) is 17.5 Å². The van der Waals surface area contributed by atoms with Crippen LogP contribution in [0.2, 0.25) is 0 Å². The van der Waals surface area contributed by atoms with E-state index in [0.29, 0.717) is 24.0 Å². The molecule has 0 atom stereocenters. The summed E-state index contributed by atoms with van der Waals surface area (Å²) in [5.74, 6) is -5.86. The molecule has 4 aromatic carbocycles. The lowest BCUT2D eigenvalue weighted by Gasteiger charge is -2.13. The van der Waals surface area contributed by atoms with Crippen molar-refractivity contribution in [2.24, 2.45) is 0 Å². The smallest absolute Gasteiger partial charge is 0.422 e. The van der Waals surface area contributed by atoms with Crippen molar-refractivity contribution in [2.75, 3.05) is 20.3 Å². The Hall–Kier alpha value is -3.66. The van der Waals surface area contributed by atoms with Crippen molar-refractivity contribution in [2.45, 2.75) is 25.4 Å². The predicted octanol–water partition coefficient (Wildman–Crippen LogP) is 8.12. The van der Waals surface area contributed by atoms with Crippen LogP contribution in [0.5, 0.6) is 5.75 Å². The summed E-state index contributed by atoms with van der Waals surface area (Å²) >= 11 is 0. The Kier molecular flexibility index (Phi) is 8.44. The monoisotopic (exact) mass is 554 g/mol. The predicted molar refractivity (Wildman–Crippen MR) is 130 cm³/mol. The second kappa shape index (κ2) is 11.6. The van der Waals surface area contributed by atoms with E-state index >= 15 is 4.39 Å². The number of hydrogen-bond donors (Lipinski definition) is 0. The van der Waals surface area contributed by atoms with Gasteiger partial charge in [0.15, 0.2) is 24.0 Å². The number of aryl methyl sites for hydroxylation is 2. The first-order valence-corrected chi connectivity index (χ1v) is 11.8. The van der Waals surface area contributed by atoms with Crippen LogP contribution in [0.1, 0.15) is 16.7 Å². The number of halogens is 8. The maximum Gasteiger partial charge on any atom is 0.422 e. The highest BCUT2D eigenvalue weighted by molar-refractivity contribution is 5.88. The molecule has 0 heterocycles. The fourth-order valence-electron chi connectivity index (χ4n) is 4.28. The highest BCUT2D eigenvalue weighted by Crippen LogP contribution is 2.32. The molecule has 0 aromatic heterocycles. The van der Waals surface area contributed by atoms with Crippen LogP contribution in [0.4, 0.5) is 35.1 Å². The zero-order valence-corrected chi connectivity index (χ0v) is 20.6. The van der Waals surface area contributed by atoms with Gasteiger partial charge in [-0.1, -0.05) is 24.3 Å². The van der Waals surface area contributed by atoms with Gasteiger partial charge < -0.3 is 9.47 Å². The summed E-state index contributed by atoms with van der Waals surface area (Å²) in [5, 5.41) is 0.571. The number of rotatable bonds is 9. The molecule has 10 heteroatoms. The largest absolute Gasteiger partial charge is 0.478 e. The SMILES string of the molecule is COCCc1cc(F)c(-c2ccc3c(F)c(CCc4cc(F)c(OCC(F)(F)F)c(F)c4)ccc3c2)c(F)c1. The van der Waals surface area contributed by atoms with Gasteiger partial charge in [-0.05, 0) is 77.2 Å². The number of alkyl halides is 3. The van der Waals surface area contributed by atoms with Crippen LogP contribution >= 0.6 is 0 Å². The van der Waals surface area contributed by atoms with Gasteiger partial charge >= 0.3 is 6.18 Å². The van der Waals surface area contributed by atoms with Crippen LogP contribution in [0.15, 0.2) is 54.6 Å². The van der Waals surface area contributed by atoms with Gasteiger partial charge in [0.2, 0.25) is 0 Å². The Morgan fingerprint density at radius 2 is 1.31 bits per heavy atom. The van der Waals surface area contributed by atoms with Crippen molar-refractivity contribution < 1.29 is 44.6 Å². The van der Waals surface area contributed by atoms with Gasteiger partial charge in [-0.15, -0.1) is 0 Å². The molecule has 0 bridgehead atoms. The molecule has 4 aromatic rings. The molecule has 0 radical (unpaired) electrons. The quantitative estimate of drug-likeness (QED) is 0.195. The maximum absolute atomic E-state index is 15.2. The van der Waals surface area contributed by atoms with Gasteiger partial charge in [-0.25, -0.2) is 22.0 Å². The summed E-state index contributed by atoms with van der Waals surface area (Å²) in [4.78, 5) is 0. The lowest BCUT2D eigenvalue weighted by molar-refractivity contribution is -0.154. The van der Waals surface area contributed by atoms with E-state index in [2.05, 4.69) is 4.74 Å². The molecule has 0 unspecified atom stereocenters. The van der Waals surface area contributed by atoms with E-state index in [-0.39, 0.29) is 40.5 Å². The normalized spacial score (nSPS) is 11.8. The van der Waals surface area contributed by atoms with Crippen molar-refractivity contribution in [1.29, 1.82) is 0 Å². The van der Waals surface area contributed by atoms with Crippen LogP contribution in [-0.4, -0.2) is 26.5 Å². The second-order valence-corrected chi connectivity index (χ2v) is 8.94. The van der Waals surface area contributed by atoms with Gasteiger partial charge in [0.25, 0.3) is 0 Å². The molecule has 0 aliphatic heterocycles. The van der Waals surface area contributed by atoms with Crippen molar-refractivity contribution >= 4 is 10.8 Å². The van der Waals surface area contributed by atoms with Crippen LogP contribution < -0.4 is 4.74 Å². The average Bonchev–Trinajstić information content (AvgIpc) is 2.85. The van der Waals surface area contributed by atoms with Crippen molar-refractivity contribution in [1.82, 2.24) is 0 Å². The highest BCUT2D eigenvalue weighted by atomic mass is 19.4. The molecular formula is C29H22F8O2. The Balaban J connectivity index is 1.54. The molecule has 0 fully saturated rings. The summed E-state index contributed by atoms with van der Waals surface area (Å²) in [6.07, 6.45) is -4.41. The average molecular weight is 554 g/mol. The summed E-state index contributed by atoms with van der Waals surface area (Å²) in [5.41, 5.74) is 0.735. The minimum atomic E-state index is -4.76. The van der Waals surface area contributed by atoms with E-state index in [4.69, 9.17) is 4.74 Å². The number of hydrogen-bond acceptors (Lipinski definition) is 2. The van der Waals surface area contributed by atoms with E-state index in [1.807, 2.05) is 0 Å². The molecule has 0 saturated heterocycles. The van der Waals surface area contributed by atoms with Crippen molar-refractivity contribution in [3.63, 3.8) is 0 Å². The van der Waals surface area contributed by atoms with Gasteiger partial charge in [0.05, 0.1) is 12.2 Å². The number of benzene rings is 4.